The van der Waals surface area contributed by atoms with Crippen LogP contribution in [0.15, 0.2) is 48.5 Å². The molecule has 1 N–H and O–H groups in total. The molecule has 2 aromatic rings. The molecule has 4 nitrogen and oxygen atoms in total. The van der Waals surface area contributed by atoms with E-state index in [0.717, 1.165) is 5.56 Å². The van der Waals surface area contributed by atoms with E-state index in [1.54, 1.807) is 30.0 Å². The molecule has 0 aliphatic carbocycles. The Labute approximate surface area is 183 Å². The number of rotatable bonds is 9. The molecule has 2 amide bonds. The van der Waals surface area contributed by atoms with E-state index in [1.807, 2.05) is 44.2 Å². The smallest absolute Gasteiger partial charge is 0.242 e. The first-order chi connectivity index (χ1) is 13.8. The van der Waals surface area contributed by atoms with Crippen molar-refractivity contribution in [1.29, 1.82) is 0 Å². The van der Waals surface area contributed by atoms with Gasteiger partial charge in [0.25, 0.3) is 0 Å². The summed E-state index contributed by atoms with van der Waals surface area (Å²) in [6.07, 6.45) is 0.708. The zero-order chi connectivity index (χ0) is 21.4. The van der Waals surface area contributed by atoms with Crippen LogP contribution in [0.5, 0.6) is 0 Å². The van der Waals surface area contributed by atoms with E-state index in [9.17, 15) is 9.59 Å². The highest BCUT2D eigenvalue weighted by Gasteiger charge is 2.26. The molecular formula is C23H28Cl2N2O2. The van der Waals surface area contributed by atoms with Crippen LogP contribution in [0, 0.1) is 5.92 Å². The van der Waals surface area contributed by atoms with Gasteiger partial charge in [0.05, 0.1) is 6.42 Å². The zero-order valence-corrected chi connectivity index (χ0v) is 18.6. The summed E-state index contributed by atoms with van der Waals surface area (Å²) in [6, 6.07) is 14.5. The molecule has 6 heteroatoms. The van der Waals surface area contributed by atoms with Crippen molar-refractivity contribution < 1.29 is 9.59 Å². The lowest BCUT2D eigenvalue weighted by molar-refractivity contribution is -0.139. The minimum Gasteiger partial charge on any atom is -0.354 e. The van der Waals surface area contributed by atoms with Gasteiger partial charge in [-0.2, -0.15) is 0 Å². The summed E-state index contributed by atoms with van der Waals surface area (Å²) in [5, 5.41) is 3.82. The van der Waals surface area contributed by atoms with Crippen molar-refractivity contribution >= 4 is 35.0 Å². The van der Waals surface area contributed by atoms with E-state index in [-0.39, 0.29) is 18.2 Å². The number of halogens is 2. The third-order valence-corrected chi connectivity index (χ3v) is 5.43. The Hall–Kier alpha value is -2.04. The number of nitrogens with zero attached hydrogens (tertiary/aromatic N) is 1. The summed E-state index contributed by atoms with van der Waals surface area (Å²) in [5.41, 5.74) is 1.69. The van der Waals surface area contributed by atoms with Gasteiger partial charge in [-0.25, -0.2) is 0 Å². The van der Waals surface area contributed by atoms with E-state index in [1.165, 1.54) is 0 Å². The molecule has 2 aromatic carbocycles. The Morgan fingerprint density at radius 3 is 2.17 bits per heavy atom. The van der Waals surface area contributed by atoms with E-state index >= 15 is 0 Å². The summed E-state index contributed by atoms with van der Waals surface area (Å²) in [7, 11) is 0. The number of nitrogens with one attached hydrogen (secondary N) is 1. The molecule has 0 aliphatic rings. The van der Waals surface area contributed by atoms with Crippen molar-refractivity contribution in [3.05, 3.63) is 69.7 Å². The summed E-state index contributed by atoms with van der Waals surface area (Å²) in [6.45, 7) is 6.82. The third-order valence-electron chi connectivity index (χ3n) is 4.73. The van der Waals surface area contributed by atoms with E-state index in [4.69, 9.17) is 23.2 Å². The van der Waals surface area contributed by atoms with E-state index in [2.05, 4.69) is 5.32 Å². The molecule has 0 heterocycles. The van der Waals surface area contributed by atoms with E-state index in [0.29, 0.717) is 41.0 Å². The molecule has 0 spiro atoms. The van der Waals surface area contributed by atoms with E-state index < -0.39 is 6.04 Å². The molecule has 1 atom stereocenters. The number of hydrogen-bond donors (Lipinski definition) is 1. The average Bonchev–Trinajstić information content (AvgIpc) is 2.69. The molecule has 2 rings (SSSR count). The Balaban J connectivity index is 2.17. The molecule has 156 valence electrons. The quantitative estimate of drug-likeness (QED) is 0.617. The van der Waals surface area contributed by atoms with Gasteiger partial charge >= 0.3 is 0 Å². The first-order valence-electron chi connectivity index (χ1n) is 9.83. The summed E-state index contributed by atoms with van der Waals surface area (Å²) >= 11 is 12.5. The molecule has 0 bridgehead atoms. The van der Waals surface area contributed by atoms with Gasteiger partial charge in [-0.15, -0.1) is 0 Å². The van der Waals surface area contributed by atoms with Gasteiger partial charge in [0, 0.05) is 23.1 Å². The van der Waals surface area contributed by atoms with Gasteiger partial charge in [-0.1, -0.05) is 73.4 Å². The Morgan fingerprint density at radius 2 is 1.59 bits per heavy atom. The molecule has 0 fully saturated rings. The number of benzene rings is 2. The fourth-order valence-corrected chi connectivity index (χ4v) is 3.51. The number of carbonyl (C=O) groups is 2. The van der Waals surface area contributed by atoms with Crippen LogP contribution in [0.4, 0.5) is 0 Å². The Bertz CT molecular complexity index is 805. The number of carbonyl (C=O) groups excluding carboxylic acids is 2. The molecule has 0 radical (unpaired) electrons. The maximum atomic E-state index is 13.2. The SMILES string of the molecule is CC(C)CNC(=O)[C@@H](C)N(CCc1ccccc1)C(=O)Cc1c(Cl)cccc1Cl. The lowest BCUT2D eigenvalue weighted by Gasteiger charge is -2.29. The van der Waals surface area contributed by atoms with Gasteiger partial charge in [0.2, 0.25) is 11.8 Å². The lowest BCUT2D eigenvalue weighted by atomic mass is 10.1. The van der Waals surface area contributed by atoms with Crippen LogP contribution in [0.1, 0.15) is 31.9 Å². The van der Waals surface area contributed by atoms with Gasteiger partial charge in [-0.3, -0.25) is 9.59 Å². The second kappa shape index (κ2) is 11.2. The van der Waals surface area contributed by atoms with Crippen LogP contribution in [0.25, 0.3) is 0 Å². The van der Waals surface area contributed by atoms with Gasteiger partial charge < -0.3 is 10.2 Å². The standard InChI is InChI=1S/C23H28Cl2N2O2/c1-16(2)15-26-23(29)17(3)27(13-12-18-8-5-4-6-9-18)22(28)14-19-20(24)10-7-11-21(19)25/h4-11,16-17H,12-15H2,1-3H3,(H,26,29)/t17-/m1/s1. The van der Waals surface area contributed by atoms with Crippen molar-refractivity contribution in [2.24, 2.45) is 5.92 Å². The van der Waals surface area contributed by atoms with Gasteiger partial charge in [0.15, 0.2) is 0 Å². The largest absolute Gasteiger partial charge is 0.354 e. The molecular weight excluding hydrogens is 407 g/mol. The summed E-state index contributed by atoms with van der Waals surface area (Å²) in [5.74, 6) is -0.00459. The monoisotopic (exact) mass is 434 g/mol. The van der Waals surface area contributed by atoms with Crippen molar-refractivity contribution in [3.63, 3.8) is 0 Å². The van der Waals surface area contributed by atoms with Crippen LogP contribution >= 0.6 is 23.2 Å². The first-order valence-corrected chi connectivity index (χ1v) is 10.6. The first kappa shape index (κ1) is 23.2. The fourth-order valence-electron chi connectivity index (χ4n) is 2.98. The molecule has 0 saturated carbocycles. The Morgan fingerprint density at radius 1 is 0.966 bits per heavy atom. The van der Waals surface area contributed by atoms with Crippen LogP contribution < -0.4 is 5.32 Å². The van der Waals surface area contributed by atoms with Crippen molar-refractivity contribution in [1.82, 2.24) is 10.2 Å². The third kappa shape index (κ3) is 7.06. The molecule has 0 aromatic heterocycles. The molecule has 29 heavy (non-hydrogen) atoms. The van der Waals surface area contributed by atoms with Crippen LogP contribution in [-0.4, -0.2) is 35.8 Å². The van der Waals surface area contributed by atoms with Crippen LogP contribution in [0.3, 0.4) is 0 Å². The molecule has 0 unspecified atom stereocenters. The second-order valence-corrected chi connectivity index (χ2v) is 8.33. The summed E-state index contributed by atoms with van der Waals surface area (Å²) in [4.78, 5) is 27.4. The lowest BCUT2D eigenvalue weighted by Crippen LogP contribution is -2.49. The zero-order valence-electron chi connectivity index (χ0n) is 17.1. The van der Waals surface area contributed by atoms with Crippen LogP contribution in [0.2, 0.25) is 10.0 Å². The fraction of sp³-hybridized carbons (Fsp3) is 0.391. The molecule has 0 aliphatic heterocycles. The number of amides is 2. The Kier molecular flexibility index (Phi) is 8.99. The molecule has 0 saturated heterocycles. The van der Waals surface area contributed by atoms with Crippen LogP contribution in [-0.2, 0) is 22.4 Å². The second-order valence-electron chi connectivity index (χ2n) is 7.51. The average molecular weight is 435 g/mol. The minimum absolute atomic E-state index is 0.0507. The predicted molar refractivity (Wildman–Crippen MR) is 119 cm³/mol. The number of hydrogen-bond acceptors (Lipinski definition) is 2. The van der Waals surface area contributed by atoms with Gasteiger partial charge in [0.1, 0.15) is 6.04 Å². The normalized spacial score (nSPS) is 11.9. The minimum atomic E-state index is -0.591. The predicted octanol–water partition coefficient (Wildman–Crippen LogP) is 4.77. The maximum Gasteiger partial charge on any atom is 0.242 e. The van der Waals surface area contributed by atoms with Crippen molar-refractivity contribution in [2.75, 3.05) is 13.1 Å². The van der Waals surface area contributed by atoms with Crippen molar-refractivity contribution in [3.8, 4) is 0 Å². The summed E-state index contributed by atoms with van der Waals surface area (Å²) < 4.78 is 0. The topological polar surface area (TPSA) is 49.4 Å². The van der Waals surface area contributed by atoms with Gasteiger partial charge in [-0.05, 0) is 42.5 Å². The maximum absolute atomic E-state index is 13.2. The van der Waals surface area contributed by atoms with Crippen molar-refractivity contribution in [2.45, 2.75) is 39.7 Å². The highest BCUT2D eigenvalue weighted by atomic mass is 35.5. The highest BCUT2D eigenvalue weighted by molar-refractivity contribution is 6.36. The highest BCUT2D eigenvalue weighted by Crippen LogP contribution is 2.25.